The van der Waals surface area contributed by atoms with Gasteiger partial charge in [0, 0.05) is 31.9 Å². The van der Waals surface area contributed by atoms with Crippen molar-refractivity contribution in [2.24, 2.45) is 0 Å². The smallest absolute Gasteiger partial charge is 0.408 e. The molecule has 9 heteroatoms. The zero-order valence-electron chi connectivity index (χ0n) is 12.1. The van der Waals surface area contributed by atoms with Crippen LogP contribution in [0.4, 0.5) is 9.18 Å². The highest BCUT2D eigenvalue weighted by Crippen LogP contribution is 2.40. The summed E-state index contributed by atoms with van der Waals surface area (Å²) in [5.74, 6) is -0.490. The Morgan fingerprint density at radius 2 is 1.82 bits per heavy atom. The molecule has 0 heterocycles. The number of rotatable bonds is 4. The summed E-state index contributed by atoms with van der Waals surface area (Å²) in [6, 6.07) is 3.86. The van der Waals surface area contributed by atoms with E-state index in [1.165, 1.54) is 12.1 Å². The van der Waals surface area contributed by atoms with Gasteiger partial charge in [0.1, 0.15) is 17.5 Å². The van der Waals surface area contributed by atoms with Gasteiger partial charge in [-0.05, 0) is 38.5 Å². The number of nitro groups is 1. The van der Waals surface area contributed by atoms with E-state index in [0.717, 1.165) is 12.1 Å². The summed E-state index contributed by atoms with van der Waals surface area (Å²) in [5.41, 5.74) is -0.425. The quantitative estimate of drug-likeness (QED) is 0.330. The third-order valence-electron chi connectivity index (χ3n) is 2.46. The second-order valence-corrected chi connectivity index (χ2v) is 8.96. The van der Waals surface area contributed by atoms with Crippen LogP contribution in [0.1, 0.15) is 32.4 Å². The Kier molecular flexibility index (Phi) is 5.91. The first-order valence-corrected chi connectivity index (χ1v) is 7.79. The molecule has 22 heavy (non-hydrogen) atoms. The van der Waals surface area contributed by atoms with Crippen LogP contribution >= 0.6 is 31.9 Å². The fraction of sp³-hybridized carbons (Fsp3) is 0.462. The summed E-state index contributed by atoms with van der Waals surface area (Å²) in [4.78, 5) is 22.5. The van der Waals surface area contributed by atoms with Crippen LogP contribution in [0.15, 0.2) is 24.3 Å². The summed E-state index contributed by atoms with van der Waals surface area (Å²) in [6.07, 6.45) is -0.827. The molecule has 0 saturated carbocycles. The standard InChI is InChI=1S/C13H15Br2FN2O4/c1-12(2,3)22-11(19)17-10(13(14,15)18(20)21)8-4-6-9(16)7-5-8/h4-7,10H,1-3H3,(H,17,19). The number of carbonyl (C=O) groups excluding carboxylic acids is 1. The maximum Gasteiger partial charge on any atom is 0.408 e. The first-order valence-electron chi connectivity index (χ1n) is 6.21. The van der Waals surface area contributed by atoms with Crippen LogP contribution in [0.2, 0.25) is 0 Å². The minimum Gasteiger partial charge on any atom is -0.444 e. The topological polar surface area (TPSA) is 81.5 Å². The van der Waals surface area contributed by atoms with Crippen molar-refractivity contribution in [3.63, 3.8) is 0 Å². The first-order chi connectivity index (χ1) is 9.93. The molecule has 0 aliphatic heterocycles. The molecule has 0 aliphatic rings. The summed E-state index contributed by atoms with van der Waals surface area (Å²) in [7, 11) is 0. The van der Waals surface area contributed by atoms with Gasteiger partial charge in [0.15, 0.2) is 0 Å². The lowest BCUT2D eigenvalue weighted by Gasteiger charge is -2.27. The lowest BCUT2D eigenvalue weighted by molar-refractivity contribution is -0.509. The van der Waals surface area contributed by atoms with E-state index in [2.05, 4.69) is 37.2 Å². The zero-order chi connectivity index (χ0) is 17.1. The molecule has 0 aliphatic carbocycles. The first kappa shape index (κ1) is 18.8. The molecule has 1 amide bonds. The molecule has 0 fully saturated rings. The van der Waals surface area contributed by atoms with Crippen LogP contribution in [0.5, 0.6) is 0 Å². The Hall–Kier alpha value is -1.22. The summed E-state index contributed by atoms with van der Waals surface area (Å²) in [6.45, 7) is 5.01. The average Bonchev–Trinajstić information content (AvgIpc) is 2.34. The third kappa shape index (κ3) is 5.20. The molecule has 1 aromatic carbocycles. The number of alkyl halides is 2. The van der Waals surface area contributed by atoms with E-state index < -0.39 is 31.8 Å². The highest BCUT2D eigenvalue weighted by atomic mass is 79.9. The summed E-state index contributed by atoms with van der Waals surface area (Å²) >= 11 is 5.86. The number of hydrogen-bond donors (Lipinski definition) is 1. The minimum atomic E-state index is -1.87. The van der Waals surface area contributed by atoms with Crippen molar-refractivity contribution in [2.75, 3.05) is 0 Å². The Balaban J connectivity index is 3.10. The second-order valence-electron chi connectivity index (χ2n) is 5.48. The maximum atomic E-state index is 13.0. The van der Waals surface area contributed by atoms with Crippen LogP contribution in [0.3, 0.4) is 0 Å². The molecule has 122 valence electrons. The number of amides is 1. The van der Waals surface area contributed by atoms with Crippen molar-refractivity contribution >= 4 is 38.0 Å². The van der Waals surface area contributed by atoms with Gasteiger partial charge in [0.25, 0.3) is 0 Å². The van der Waals surface area contributed by atoms with E-state index in [0.29, 0.717) is 5.56 Å². The fourth-order valence-electron chi connectivity index (χ4n) is 1.56. The number of halogens is 3. The number of benzene rings is 1. The maximum absolute atomic E-state index is 13.0. The van der Waals surface area contributed by atoms with Crippen LogP contribution < -0.4 is 5.32 Å². The van der Waals surface area contributed by atoms with E-state index >= 15 is 0 Å². The molecule has 1 rings (SSSR count). The van der Waals surface area contributed by atoms with E-state index in [-0.39, 0.29) is 0 Å². The van der Waals surface area contributed by atoms with Gasteiger partial charge < -0.3 is 10.1 Å². The molecule has 6 nitrogen and oxygen atoms in total. The van der Waals surface area contributed by atoms with Crippen molar-refractivity contribution < 1.29 is 18.8 Å². The van der Waals surface area contributed by atoms with Crippen LogP contribution in [0.25, 0.3) is 0 Å². The van der Waals surface area contributed by atoms with E-state index in [1.807, 2.05) is 0 Å². The van der Waals surface area contributed by atoms with Gasteiger partial charge in [-0.2, -0.15) is 0 Å². The molecule has 0 radical (unpaired) electrons. The Morgan fingerprint density at radius 3 is 2.23 bits per heavy atom. The van der Waals surface area contributed by atoms with E-state index in [9.17, 15) is 19.3 Å². The minimum absolute atomic E-state index is 0.331. The molecule has 0 bridgehead atoms. The monoisotopic (exact) mass is 440 g/mol. The van der Waals surface area contributed by atoms with Gasteiger partial charge in [0.05, 0.1) is 4.92 Å². The number of carbonyl (C=O) groups is 1. The van der Waals surface area contributed by atoms with Crippen molar-refractivity contribution in [3.8, 4) is 0 Å². The normalized spacial score (nSPS) is 13.4. The predicted molar refractivity (Wildman–Crippen MR) is 86.1 cm³/mol. The lowest BCUT2D eigenvalue weighted by atomic mass is 10.1. The number of alkyl carbamates (subject to hydrolysis) is 1. The molecule has 1 aromatic rings. The van der Waals surface area contributed by atoms with Gasteiger partial charge in [-0.25, -0.2) is 9.18 Å². The summed E-state index contributed by atoms with van der Waals surface area (Å²) < 4.78 is 16.3. The van der Waals surface area contributed by atoms with Gasteiger partial charge in [0.2, 0.25) is 0 Å². The molecular weight excluding hydrogens is 427 g/mol. The van der Waals surface area contributed by atoms with Crippen molar-refractivity contribution in [1.29, 1.82) is 0 Å². The Bertz CT molecular complexity index is 558. The van der Waals surface area contributed by atoms with Gasteiger partial charge in [-0.3, -0.25) is 10.1 Å². The molecule has 1 atom stereocenters. The molecule has 0 saturated heterocycles. The van der Waals surface area contributed by atoms with Crippen molar-refractivity contribution in [2.45, 2.75) is 35.8 Å². The Morgan fingerprint density at radius 1 is 1.32 bits per heavy atom. The number of nitrogens with zero attached hydrogens (tertiary/aromatic N) is 1. The SMILES string of the molecule is CC(C)(C)OC(=O)NC(c1ccc(F)cc1)C(Br)(Br)[N+](=O)[O-]. The largest absolute Gasteiger partial charge is 0.444 e. The van der Waals surface area contributed by atoms with Crippen LogP contribution in [0, 0.1) is 15.9 Å². The van der Waals surface area contributed by atoms with Crippen LogP contribution in [-0.4, -0.2) is 20.0 Å². The van der Waals surface area contributed by atoms with Crippen molar-refractivity contribution in [3.05, 3.63) is 45.8 Å². The average molecular weight is 442 g/mol. The molecule has 0 spiro atoms. The zero-order valence-corrected chi connectivity index (χ0v) is 15.3. The highest BCUT2D eigenvalue weighted by Gasteiger charge is 2.48. The molecular formula is C13H15Br2FN2O4. The van der Waals surface area contributed by atoms with E-state index in [4.69, 9.17) is 4.74 Å². The van der Waals surface area contributed by atoms with Crippen molar-refractivity contribution in [1.82, 2.24) is 5.32 Å². The predicted octanol–water partition coefficient (Wildman–Crippen LogP) is 4.11. The number of nitrogens with one attached hydrogen (secondary N) is 1. The van der Waals surface area contributed by atoms with Gasteiger partial charge >= 0.3 is 9.45 Å². The number of ether oxygens (including phenoxy) is 1. The molecule has 0 aromatic heterocycles. The van der Waals surface area contributed by atoms with E-state index in [1.54, 1.807) is 20.8 Å². The fourth-order valence-corrected chi connectivity index (χ4v) is 2.31. The van der Waals surface area contributed by atoms with Crippen LogP contribution in [-0.2, 0) is 4.74 Å². The highest BCUT2D eigenvalue weighted by molar-refractivity contribution is 9.25. The Labute approximate surface area is 143 Å². The number of hydrogen-bond acceptors (Lipinski definition) is 4. The lowest BCUT2D eigenvalue weighted by Crippen LogP contribution is -2.44. The van der Waals surface area contributed by atoms with Gasteiger partial charge in [-0.1, -0.05) is 12.1 Å². The molecule has 1 N–H and O–H groups in total. The second kappa shape index (κ2) is 6.91. The third-order valence-corrected chi connectivity index (χ3v) is 3.95. The van der Waals surface area contributed by atoms with Gasteiger partial charge in [-0.15, -0.1) is 0 Å². The molecule has 1 unspecified atom stereocenters. The summed E-state index contributed by atoms with van der Waals surface area (Å²) in [5, 5.41) is 13.6.